The summed E-state index contributed by atoms with van der Waals surface area (Å²) in [4.78, 5) is 29.8. The van der Waals surface area contributed by atoms with Gasteiger partial charge in [0.15, 0.2) is 11.5 Å². The number of ether oxygens (including phenoxy) is 3. The van der Waals surface area contributed by atoms with Gasteiger partial charge in [0.05, 0.1) is 13.7 Å². The highest BCUT2D eigenvalue weighted by Crippen LogP contribution is 2.34. The number of nitrogens with zero attached hydrogens (tertiary/aromatic N) is 1. The Kier molecular flexibility index (Phi) is 8.20. The van der Waals surface area contributed by atoms with Gasteiger partial charge in [-0.2, -0.15) is 0 Å². The number of carbonyl (C=O) groups is 2. The number of fused-ring (bicyclic) bond motifs is 1. The van der Waals surface area contributed by atoms with E-state index in [-0.39, 0.29) is 36.8 Å². The maximum absolute atomic E-state index is 14.2. The van der Waals surface area contributed by atoms with Gasteiger partial charge in [-0.3, -0.25) is 9.59 Å². The second kappa shape index (κ2) is 12.1. The molecule has 39 heavy (non-hydrogen) atoms. The lowest BCUT2D eigenvalue weighted by Gasteiger charge is -2.36. The van der Waals surface area contributed by atoms with Crippen molar-refractivity contribution in [1.29, 1.82) is 0 Å². The Morgan fingerprint density at radius 1 is 0.974 bits per heavy atom. The first-order chi connectivity index (χ1) is 19.0. The maximum atomic E-state index is 14.2. The molecular weight excluding hydrogens is 496 g/mol. The minimum atomic E-state index is -0.967. The van der Waals surface area contributed by atoms with Gasteiger partial charge in [-0.25, -0.2) is 0 Å². The van der Waals surface area contributed by atoms with Gasteiger partial charge in [0.25, 0.3) is 5.91 Å². The third-order valence-electron chi connectivity index (χ3n) is 7.32. The van der Waals surface area contributed by atoms with Crippen LogP contribution in [-0.4, -0.2) is 47.7 Å². The second-order valence-electron chi connectivity index (χ2n) is 9.98. The number of para-hydroxylation sites is 3. The normalized spacial score (nSPS) is 17.6. The molecule has 3 aromatic carbocycles. The van der Waals surface area contributed by atoms with Crippen molar-refractivity contribution in [3.05, 3.63) is 83.9 Å². The number of nitrogens with one attached hydrogen (secondary N) is 1. The zero-order valence-corrected chi connectivity index (χ0v) is 22.0. The lowest BCUT2D eigenvalue weighted by atomic mass is 9.94. The van der Waals surface area contributed by atoms with Crippen LogP contribution in [0.1, 0.15) is 49.3 Å². The van der Waals surface area contributed by atoms with E-state index in [0.717, 1.165) is 37.7 Å². The average Bonchev–Trinajstić information content (AvgIpc) is 2.98. The van der Waals surface area contributed by atoms with Crippen LogP contribution in [0.2, 0.25) is 0 Å². The van der Waals surface area contributed by atoms with Crippen LogP contribution >= 0.6 is 0 Å². The van der Waals surface area contributed by atoms with E-state index < -0.39 is 12.1 Å². The number of methoxy groups -OCH3 is 1. The largest absolute Gasteiger partial charge is 0.508 e. The zero-order chi connectivity index (χ0) is 27.2. The first kappa shape index (κ1) is 26.4. The molecule has 0 radical (unpaired) electrons. The molecule has 1 aliphatic heterocycles. The summed E-state index contributed by atoms with van der Waals surface area (Å²) in [5.41, 5.74) is 1.33. The molecule has 1 heterocycles. The van der Waals surface area contributed by atoms with E-state index in [1.54, 1.807) is 31.4 Å². The molecule has 0 unspecified atom stereocenters. The molecule has 0 saturated heterocycles. The third-order valence-corrected chi connectivity index (χ3v) is 7.32. The predicted octanol–water partition coefficient (Wildman–Crippen LogP) is 4.76. The van der Waals surface area contributed by atoms with Gasteiger partial charge in [-0.1, -0.05) is 61.7 Å². The molecule has 2 N–H and O–H groups in total. The van der Waals surface area contributed by atoms with Crippen molar-refractivity contribution >= 4 is 11.8 Å². The molecule has 3 aromatic rings. The van der Waals surface area contributed by atoms with E-state index in [0.29, 0.717) is 22.8 Å². The highest BCUT2D eigenvalue weighted by molar-refractivity contribution is 5.91. The number of hydrogen-bond donors (Lipinski definition) is 2. The van der Waals surface area contributed by atoms with Crippen molar-refractivity contribution in [2.45, 2.75) is 56.8 Å². The number of aromatic hydroxyl groups is 1. The van der Waals surface area contributed by atoms with Crippen molar-refractivity contribution in [1.82, 2.24) is 10.2 Å². The van der Waals surface area contributed by atoms with E-state index in [4.69, 9.17) is 14.2 Å². The number of rotatable bonds is 8. The summed E-state index contributed by atoms with van der Waals surface area (Å²) in [7, 11) is 1.58. The lowest BCUT2D eigenvalue weighted by molar-refractivity contribution is -0.149. The Morgan fingerprint density at radius 2 is 1.67 bits per heavy atom. The number of amides is 2. The number of benzene rings is 3. The van der Waals surface area contributed by atoms with Crippen molar-refractivity contribution in [2.24, 2.45) is 0 Å². The van der Waals surface area contributed by atoms with E-state index >= 15 is 0 Å². The molecule has 2 aliphatic rings. The topological polar surface area (TPSA) is 97.3 Å². The molecule has 2 amide bonds. The van der Waals surface area contributed by atoms with Crippen LogP contribution in [0.4, 0.5) is 0 Å². The van der Waals surface area contributed by atoms with Crippen LogP contribution in [0.25, 0.3) is 0 Å². The number of phenols is 1. The zero-order valence-electron chi connectivity index (χ0n) is 22.0. The van der Waals surface area contributed by atoms with Crippen LogP contribution in [0.3, 0.4) is 0 Å². The molecule has 8 nitrogen and oxygen atoms in total. The molecule has 2 atom stereocenters. The average molecular weight is 531 g/mol. The van der Waals surface area contributed by atoms with Crippen LogP contribution in [0.15, 0.2) is 72.8 Å². The molecule has 0 spiro atoms. The third kappa shape index (κ3) is 6.11. The fraction of sp³-hybridized carbons (Fsp3) is 0.355. The predicted molar refractivity (Wildman–Crippen MR) is 146 cm³/mol. The minimum Gasteiger partial charge on any atom is -0.508 e. The van der Waals surface area contributed by atoms with Crippen LogP contribution < -0.4 is 19.5 Å². The van der Waals surface area contributed by atoms with Crippen molar-refractivity contribution < 1.29 is 28.9 Å². The summed E-state index contributed by atoms with van der Waals surface area (Å²) < 4.78 is 17.5. The van der Waals surface area contributed by atoms with Gasteiger partial charge < -0.3 is 29.5 Å². The van der Waals surface area contributed by atoms with E-state index in [2.05, 4.69) is 5.32 Å². The second-order valence-corrected chi connectivity index (χ2v) is 9.98. The first-order valence-corrected chi connectivity index (χ1v) is 13.4. The number of phenolic OH excluding ortho intramolecular Hbond substituents is 1. The van der Waals surface area contributed by atoms with Gasteiger partial charge >= 0.3 is 0 Å². The summed E-state index contributed by atoms with van der Waals surface area (Å²) in [6, 6.07) is 20.1. The van der Waals surface area contributed by atoms with Gasteiger partial charge in [0.1, 0.15) is 24.1 Å². The van der Waals surface area contributed by atoms with Crippen LogP contribution in [0, 0.1) is 0 Å². The summed E-state index contributed by atoms with van der Waals surface area (Å²) in [6.45, 7) is 0.124. The van der Waals surface area contributed by atoms with Gasteiger partial charge in [-0.05, 0) is 48.7 Å². The molecule has 204 valence electrons. The van der Waals surface area contributed by atoms with Gasteiger partial charge in [0, 0.05) is 11.6 Å². The Balaban J connectivity index is 1.52. The van der Waals surface area contributed by atoms with Gasteiger partial charge in [0.2, 0.25) is 12.0 Å². The smallest absolute Gasteiger partial charge is 0.268 e. The molecule has 1 aliphatic carbocycles. The molecular formula is C31H34N2O6. The lowest BCUT2D eigenvalue weighted by Crippen LogP contribution is -2.52. The van der Waals surface area contributed by atoms with E-state index in [1.807, 2.05) is 36.4 Å². The van der Waals surface area contributed by atoms with E-state index in [1.165, 1.54) is 17.0 Å². The Labute approximate surface area is 228 Å². The van der Waals surface area contributed by atoms with Gasteiger partial charge in [-0.15, -0.1) is 0 Å². The quantitative estimate of drug-likeness (QED) is 0.436. The van der Waals surface area contributed by atoms with Crippen LogP contribution in [0.5, 0.6) is 23.0 Å². The van der Waals surface area contributed by atoms with Crippen molar-refractivity contribution in [2.75, 3.05) is 13.7 Å². The highest BCUT2D eigenvalue weighted by atomic mass is 16.6. The summed E-state index contributed by atoms with van der Waals surface area (Å²) >= 11 is 0. The van der Waals surface area contributed by atoms with Crippen LogP contribution in [-0.2, 0) is 16.1 Å². The monoisotopic (exact) mass is 530 g/mol. The Morgan fingerprint density at radius 3 is 2.41 bits per heavy atom. The van der Waals surface area contributed by atoms with Crippen molar-refractivity contribution in [3.63, 3.8) is 0 Å². The minimum absolute atomic E-state index is 0.0187. The summed E-state index contributed by atoms with van der Waals surface area (Å²) in [5.74, 6) is 1.09. The van der Waals surface area contributed by atoms with Crippen molar-refractivity contribution in [3.8, 4) is 23.0 Å². The number of carbonyl (C=O) groups excluding carboxylic acids is 2. The number of hydrogen-bond acceptors (Lipinski definition) is 6. The fourth-order valence-electron chi connectivity index (χ4n) is 5.30. The maximum Gasteiger partial charge on any atom is 0.268 e. The molecule has 5 rings (SSSR count). The fourth-order valence-corrected chi connectivity index (χ4v) is 5.30. The standard InChI is InChI=1S/C31H34N2O6/c1-37-25-12-6-5-9-22(25)19-33(31(36)28-20-38-26-13-7-8-14-27(26)39-28)29(21-15-17-24(34)18-16-21)30(35)32-23-10-3-2-4-11-23/h5-9,12-18,23,28-29,34H,2-4,10-11,19-20H2,1H3,(H,32,35)/t28-,29+/m1/s1. The summed E-state index contributed by atoms with van der Waals surface area (Å²) in [6.07, 6.45) is 4.15. The Hall–Kier alpha value is -4.20. The highest BCUT2D eigenvalue weighted by Gasteiger charge is 2.39. The van der Waals surface area contributed by atoms with E-state index in [9.17, 15) is 14.7 Å². The molecule has 1 fully saturated rings. The Bertz CT molecular complexity index is 1290. The molecule has 0 aromatic heterocycles. The summed E-state index contributed by atoms with van der Waals surface area (Å²) in [5, 5.41) is 13.2. The molecule has 0 bridgehead atoms. The molecule has 1 saturated carbocycles. The first-order valence-electron chi connectivity index (χ1n) is 13.4. The molecule has 8 heteroatoms. The SMILES string of the molecule is COc1ccccc1CN(C(=O)[C@H]1COc2ccccc2O1)[C@H](C(=O)NC1CCCCC1)c1ccc(O)cc1.